The van der Waals surface area contributed by atoms with E-state index in [1.807, 2.05) is 35.0 Å². The van der Waals surface area contributed by atoms with Crippen LogP contribution < -0.4 is 4.90 Å². The molecule has 1 saturated heterocycles. The summed E-state index contributed by atoms with van der Waals surface area (Å²) in [5.74, 6) is 1.41. The van der Waals surface area contributed by atoms with Crippen molar-refractivity contribution in [3.05, 3.63) is 82.4 Å². The van der Waals surface area contributed by atoms with Gasteiger partial charge in [-0.2, -0.15) is 4.98 Å². The van der Waals surface area contributed by atoms with E-state index in [9.17, 15) is 0 Å². The van der Waals surface area contributed by atoms with E-state index in [0.29, 0.717) is 5.78 Å². The lowest BCUT2D eigenvalue weighted by Gasteiger charge is -2.48. The molecule has 0 aliphatic carbocycles. The van der Waals surface area contributed by atoms with Gasteiger partial charge in [0.05, 0.1) is 18.5 Å². The monoisotopic (exact) mass is 577 g/mol. The highest BCUT2D eigenvalue weighted by atomic mass is 35.5. The summed E-state index contributed by atoms with van der Waals surface area (Å²) in [4.78, 5) is 16.9. The Kier molecular flexibility index (Phi) is 7.16. The molecule has 3 atom stereocenters. The van der Waals surface area contributed by atoms with Crippen LogP contribution in [0.25, 0.3) is 16.9 Å². The standard InChI is InChI=1S/C29H33Cl2N9/c1-18-15-38(27-25-28(40-17-33-35-29(40)34-27)39(16-32-25)20(3)36(4)5)19(2)14-37(18)26(21-6-10-23(30)11-7-21)22-8-12-24(31)13-9-22/h6-13,16-20,26H,14-15H2,1-5H3/t18-,19+,20?/m1/s1. The first kappa shape index (κ1) is 27.0. The van der Waals surface area contributed by atoms with Gasteiger partial charge in [-0.1, -0.05) is 47.5 Å². The van der Waals surface area contributed by atoms with Crippen molar-refractivity contribution >= 4 is 46.0 Å². The molecule has 208 valence electrons. The molecule has 3 aromatic heterocycles. The zero-order chi connectivity index (χ0) is 28.1. The Labute approximate surface area is 244 Å². The molecule has 0 N–H and O–H groups in total. The van der Waals surface area contributed by atoms with Gasteiger partial charge in [0.2, 0.25) is 0 Å². The first-order valence-electron chi connectivity index (χ1n) is 13.5. The van der Waals surface area contributed by atoms with Crippen molar-refractivity contribution in [3.63, 3.8) is 0 Å². The van der Waals surface area contributed by atoms with Gasteiger partial charge in [-0.15, -0.1) is 10.2 Å². The van der Waals surface area contributed by atoms with E-state index in [1.54, 1.807) is 6.33 Å². The maximum absolute atomic E-state index is 6.26. The van der Waals surface area contributed by atoms with Gasteiger partial charge >= 0.3 is 0 Å². The van der Waals surface area contributed by atoms with Crippen LogP contribution in [0.4, 0.5) is 5.82 Å². The van der Waals surface area contributed by atoms with Gasteiger partial charge in [-0.05, 0) is 70.3 Å². The molecule has 1 unspecified atom stereocenters. The molecular weight excluding hydrogens is 545 g/mol. The largest absolute Gasteiger partial charge is 0.349 e. The smallest absolute Gasteiger partial charge is 0.258 e. The summed E-state index contributed by atoms with van der Waals surface area (Å²) < 4.78 is 4.07. The van der Waals surface area contributed by atoms with Crippen LogP contribution in [0, 0.1) is 0 Å². The van der Waals surface area contributed by atoms with Crippen molar-refractivity contribution < 1.29 is 0 Å². The molecule has 1 aliphatic rings. The molecule has 40 heavy (non-hydrogen) atoms. The molecule has 6 rings (SSSR count). The fourth-order valence-corrected chi connectivity index (χ4v) is 6.00. The van der Waals surface area contributed by atoms with Crippen LogP contribution in [-0.4, -0.2) is 78.2 Å². The predicted molar refractivity (Wildman–Crippen MR) is 160 cm³/mol. The van der Waals surface area contributed by atoms with Gasteiger partial charge < -0.3 is 4.90 Å². The highest BCUT2D eigenvalue weighted by Crippen LogP contribution is 2.37. The van der Waals surface area contributed by atoms with Crippen molar-refractivity contribution in [2.75, 3.05) is 32.1 Å². The van der Waals surface area contributed by atoms with E-state index >= 15 is 0 Å². The SMILES string of the molecule is CC(N(C)C)n1cnc2c(N3C[C@@H](C)N(C(c4ccc(Cl)cc4)c4ccc(Cl)cc4)C[C@@H]3C)nc3nncn3c21. The fraction of sp³-hybridized carbons (Fsp3) is 0.379. The van der Waals surface area contributed by atoms with E-state index in [2.05, 4.69) is 88.6 Å². The average Bonchev–Trinajstić information content (AvgIpc) is 3.59. The molecule has 0 spiro atoms. The molecular formula is C29H33Cl2N9. The fourth-order valence-electron chi connectivity index (χ4n) is 5.75. The molecule has 0 radical (unpaired) electrons. The zero-order valence-electron chi connectivity index (χ0n) is 23.3. The summed E-state index contributed by atoms with van der Waals surface area (Å²) in [6.45, 7) is 8.28. The first-order valence-corrected chi connectivity index (χ1v) is 14.2. The molecule has 2 aromatic carbocycles. The quantitative estimate of drug-likeness (QED) is 0.262. The molecule has 0 saturated carbocycles. The van der Waals surface area contributed by atoms with Crippen LogP contribution in [0.2, 0.25) is 10.0 Å². The van der Waals surface area contributed by atoms with E-state index in [1.165, 1.54) is 11.1 Å². The number of rotatable bonds is 6. The summed E-state index contributed by atoms with van der Waals surface area (Å²) in [5.41, 5.74) is 4.18. The molecule has 1 fully saturated rings. The Bertz CT molecular complexity index is 1580. The number of fused-ring (bicyclic) bond motifs is 3. The second-order valence-corrected chi connectivity index (χ2v) is 11.8. The number of aromatic nitrogens is 6. The Morgan fingerprint density at radius 1 is 0.875 bits per heavy atom. The lowest BCUT2D eigenvalue weighted by atomic mass is 9.93. The van der Waals surface area contributed by atoms with Gasteiger partial charge in [0.25, 0.3) is 5.78 Å². The normalized spacial score (nSPS) is 19.4. The lowest BCUT2D eigenvalue weighted by molar-refractivity contribution is 0.129. The van der Waals surface area contributed by atoms with Crippen LogP contribution in [0.15, 0.2) is 61.2 Å². The van der Waals surface area contributed by atoms with Crippen LogP contribution >= 0.6 is 23.2 Å². The molecule has 0 amide bonds. The molecule has 11 heteroatoms. The minimum absolute atomic E-state index is 0.0567. The van der Waals surface area contributed by atoms with Crippen LogP contribution in [0.5, 0.6) is 0 Å². The third-order valence-electron chi connectivity index (χ3n) is 8.10. The second-order valence-electron chi connectivity index (χ2n) is 10.9. The summed E-state index contributed by atoms with van der Waals surface area (Å²) in [5, 5.41) is 9.94. The highest BCUT2D eigenvalue weighted by molar-refractivity contribution is 6.30. The summed E-state index contributed by atoms with van der Waals surface area (Å²) in [7, 11) is 4.12. The van der Waals surface area contributed by atoms with Crippen molar-refractivity contribution in [2.24, 2.45) is 0 Å². The van der Waals surface area contributed by atoms with Crippen LogP contribution in [-0.2, 0) is 0 Å². The van der Waals surface area contributed by atoms with E-state index in [0.717, 1.165) is 40.1 Å². The maximum atomic E-state index is 6.26. The van der Waals surface area contributed by atoms with E-state index in [4.69, 9.17) is 33.2 Å². The maximum Gasteiger partial charge on any atom is 0.258 e. The number of hydrogen-bond acceptors (Lipinski definition) is 7. The van der Waals surface area contributed by atoms with Crippen LogP contribution in [0.1, 0.15) is 44.1 Å². The van der Waals surface area contributed by atoms with E-state index < -0.39 is 0 Å². The lowest BCUT2D eigenvalue weighted by Crippen LogP contribution is -2.57. The van der Waals surface area contributed by atoms with Crippen molar-refractivity contribution in [2.45, 2.75) is 45.1 Å². The van der Waals surface area contributed by atoms with Gasteiger partial charge in [0.1, 0.15) is 11.8 Å². The molecule has 5 aromatic rings. The molecule has 0 bridgehead atoms. The number of nitrogens with zero attached hydrogens (tertiary/aromatic N) is 9. The number of benzene rings is 2. The number of hydrogen-bond donors (Lipinski definition) is 0. The average molecular weight is 579 g/mol. The van der Waals surface area contributed by atoms with Gasteiger partial charge in [-0.3, -0.25) is 14.4 Å². The molecule has 4 heterocycles. The summed E-state index contributed by atoms with van der Waals surface area (Å²) in [6.07, 6.45) is 3.70. The number of piperazine rings is 1. The minimum atomic E-state index is 0.0567. The second kappa shape index (κ2) is 10.6. The van der Waals surface area contributed by atoms with Crippen molar-refractivity contribution in [1.29, 1.82) is 0 Å². The number of halogens is 2. The van der Waals surface area contributed by atoms with Gasteiger partial charge in [-0.25, -0.2) is 9.38 Å². The molecule has 9 nitrogen and oxygen atoms in total. The van der Waals surface area contributed by atoms with Crippen molar-refractivity contribution in [3.8, 4) is 0 Å². The summed E-state index contributed by atoms with van der Waals surface area (Å²) in [6, 6.07) is 16.8. The highest BCUT2D eigenvalue weighted by Gasteiger charge is 2.37. The number of imidazole rings is 1. The van der Waals surface area contributed by atoms with Gasteiger partial charge in [0.15, 0.2) is 11.5 Å². The van der Waals surface area contributed by atoms with Crippen LogP contribution in [0.3, 0.4) is 0 Å². The Morgan fingerprint density at radius 2 is 1.50 bits per heavy atom. The third-order valence-corrected chi connectivity index (χ3v) is 8.61. The Morgan fingerprint density at radius 3 is 2.10 bits per heavy atom. The first-order chi connectivity index (χ1) is 19.2. The zero-order valence-corrected chi connectivity index (χ0v) is 24.8. The summed E-state index contributed by atoms with van der Waals surface area (Å²) >= 11 is 12.5. The predicted octanol–water partition coefficient (Wildman–Crippen LogP) is 5.55. The van der Waals surface area contributed by atoms with Crippen molar-refractivity contribution in [1.82, 2.24) is 38.9 Å². The molecule has 1 aliphatic heterocycles. The third kappa shape index (κ3) is 4.71. The number of anilines is 1. The van der Waals surface area contributed by atoms with E-state index in [-0.39, 0.29) is 24.3 Å². The Hall–Kier alpha value is -3.24. The van der Waals surface area contributed by atoms with Gasteiger partial charge in [0, 0.05) is 35.2 Å². The minimum Gasteiger partial charge on any atom is -0.349 e. The Balaban J connectivity index is 1.39. The topological polar surface area (TPSA) is 70.6 Å².